The maximum Gasteiger partial charge on any atom is 0.254 e. The van der Waals surface area contributed by atoms with Crippen LogP contribution in [0.1, 0.15) is 22.3 Å². The number of rotatable bonds is 4. The van der Waals surface area contributed by atoms with E-state index in [4.69, 9.17) is 4.74 Å². The first-order chi connectivity index (χ1) is 12.7. The normalized spacial score (nSPS) is 14.7. The fourth-order valence-electron chi connectivity index (χ4n) is 3.08. The van der Waals surface area contributed by atoms with E-state index in [1.165, 1.54) is 0 Å². The SMILES string of the molecule is COc1ccc(CC(=O)N2CCCN(C(=O)c3ccncc3)CC2)cc1. The summed E-state index contributed by atoms with van der Waals surface area (Å²) in [5, 5.41) is 0. The highest BCUT2D eigenvalue weighted by atomic mass is 16.5. The molecule has 0 spiro atoms. The van der Waals surface area contributed by atoms with Crippen molar-refractivity contribution < 1.29 is 14.3 Å². The van der Waals surface area contributed by atoms with Crippen LogP contribution in [0.25, 0.3) is 0 Å². The summed E-state index contributed by atoms with van der Waals surface area (Å²) in [4.78, 5) is 32.8. The number of nitrogens with zero attached hydrogens (tertiary/aromatic N) is 3. The van der Waals surface area contributed by atoms with Crippen LogP contribution in [0.3, 0.4) is 0 Å². The van der Waals surface area contributed by atoms with E-state index in [0.29, 0.717) is 38.2 Å². The molecule has 2 heterocycles. The summed E-state index contributed by atoms with van der Waals surface area (Å²) in [7, 11) is 1.62. The molecule has 2 aromatic rings. The Kier molecular flexibility index (Phi) is 5.84. The van der Waals surface area contributed by atoms with E-state index in [2.05, 4.69) is 4.98 Å². The van der Waals surface area contributed by atoms with Gasteiger partial charge in [0.15, 0.2) is 0 Å². The lowest BCUT2D eigenvalue weighted by atomic mass is 10.1. The first-order valence-electron chi connectivity index (χ1n) is 8.77. The number of pyridine rings is 1. The van der Waals surface area contributed by atoms with Crippen molar-refractivity contribution in [2.24, 2.45) is 0 Å². The monoisotopic (exact) mass is 353 g/mol. The Hall–Kier alpha value is -2.89. The Morgan fingerprint density at radius 2 is 1.62 bits per heavy atom. The van der Waals surface area contributed by atoms with Crippen molar-refractivity contribution in [3.05, 3.63) is 59.9 Å². The third-order valence-electron chi connectivity index (χ3n) is 4.58. The predicted molar refractivity (Wildman–Crippen MR) is 98.0 cm³/mol. The van der Waals surface area contributed by atoms with Crippen LogP contribution >= 0.6 is 0 Å². The number of ether oxygens (including phenoxy) is 1. The maximum atomic E-state index is 12.6. The Balaban J connectivity index is 1.57. The molecular formula is C20H23N3O3. The molecule has 1 aliphatic heterocycles. The fraction of sp³-hybridized carbons (Fsp3) is 0.350. The van der Waals surface area contributed by atoms with Gasteiger partial charge < -0.3 is 14.5 Å². The van der Waals surface area contributed by atoms with E-state index in [0.717, 1.165) is 17.7 Å². The Morgan fingerprint density at radius 1 is 0.962 bits per heavy atom. The zero-order valence-electron chi connectivity index (χ0n) is 14.9. The third kappa shape index (κ3) is 4.39. The summed E-state index contributed by atoms with van der Waals surface area (Å²) < 4.78 is 5.14. The van der Waals surface area contributed by atoms with Gasteiger partial charge in [0.25, 0.3) is 5.91 Å². The second kappa shape index (κ2) is 8.47. The molecule has 1 fully saturated rings. The van der Waals surface area contributed by atoms with Crippen molar-refractivity contribution in [1.29, 1.82) is 0 Å². The summed E-state index contributed by atoms with van der Waals surface area (Å²) >= 11 is 0. The lowest BCUT2D eigenvalue weighted by molar-refractivity contribution is -0.130. The number of hydrogen-bond acceptors (Lipinski definition) is 4. The standard InChI is InChI=1S/C20H23N3O3/c1-26-18-5-3-16(4-6-18)15-19(24)22-11-2-12-23(14-13-22)20(25)17-7-9-21-10-8-17/h3-10H,2,11-15H2,1H3. The van der Waals surface area contributed by atoms with Crippen LogP contribution in [-0.4, -0.2) is 59.9 Å². The number of amides is 2. The van der Waals surface area contributed by atoms with Gasteiger partial charge in [-0.2, -0.15) is 0 Å². The van der Waals surface area contributed by atoms with Crippen LogP contribution < -0.4 is 4.74 Å². The van der Waals surface area contributed by atoms with E-state index in [9.17, 15) is 9.59 Å². The molecule has 0 unspecified atom stereocenters. The third-order valence-corrected chi connectivity index (χ3v) is 4.58. The predicted octanol–water partition coefficient (Wildman–Crippen LogP) is 2.01. The van der Waals surface area contributed by atoms with Gasteiger partial charge in [-0.25, -0.2) is 0 Å². The largest absolute Gasteiger partial charge is 0.497 e. The van der Waals surface area contributed by atoms with Crippen molar-refractivity contribution in [1.82, 2.24) is 14.8 Å². The van der Waals surface area contributed by atoms with E-state index in [-0.39, 0.29) is 11.8 Å². The van der Waals surface area contributed by atoms with E-state index < -0.39 is 0 Å². The topological polar surface area (TPSA) is 62.7 Å². The minimum atomic E-state index is -0.00291. The van der Waals surface area contributed by atoms with Gasteiger partial charge in [0, 0.05) is 44.1 Å². The molecule has 0 N–H and O–H groups in total. The van der Waals surface area contributed by atoms with Gasteiger partial charge in [-0.1, -0.05) is 12.1 Å². The Bertz CT molecular complexity index is 747. The van der Waals surface area contributed by atoms with Gasteiger partial charge in [-0.3, -0.25) is 14.6 Å². The fourth-order valence-corrected chi connectivity index (χ4v) is 3.08. The zero-order chi connectivity index (χ0) is 18.4. The molecule has 6 nitrogen and oxygen atoms in total. The van der Waals surface area contributed by atoms with Gasteiger partial charge in [-0.05, 0) is 36.2 Å². The highest BCUT2D eigenvalue weighted by molar-refractivity contribution is 5.94. The van der Waals surface area contributed by atoms with Crippen molar-refractivity contribution in [3.63, 3.8) is 0 Å². The summed E-state index contributed by atoms with van der Waals surface area (Å²) in [6, 6.07) is 11.0. The van der Waals surface area contributed by atoms with Crippen LogP contribution in [-0.2, 0) is 11.2 Å². The number of methoxy groups -OCH3 is 1. The molecule has 0 radical (unpaired) electrons. The van der Waals surface area contributed by atoms with Crippen molar-refractivity contribution in [3.8, 4) is 5.75 Å². The summed E-state index contributed by atoms with van der Waals surface area (Å²) in [5.41, 5.74) is 1.60. The lowest BCUT2D eigenvalue weighted by Crippen LogP contribution is -2.38. The second-order valence-corrected chi connectivity index (χ2v) is 6.29. The van der Waals surface area contributed by atoms with Crippen molar-refractivity contribution in [2.75, 3.05) is 33.3 Å². The second-order valence-electron chi connectivity index (χ2n) is 6.29. The minimum absolute atomic E-state index is 0.00291. The van der Waals surface area contributed by atoms with Crippen molar-refractivity contribution in [2.45, 2.75) is 12.8 Å². The molecule has 3 rings (SSSR count). The number of aromatic nitrogens is 1. The van der Waals surface area contributed by atoms with E-state index in [1.807, 2.05) is 34.1 Å². The zero-order valence-corrected chi connectivity index (χ0v) is 14.9. The molecule has 0 bridgehead atoms. The molecule has 1 aromatic carbocycles. The summed E-state index contributed by atoms with van der Waals surface area (Å²) in [6.45, 7) is 2.45. The first kappa shape index (κ1) is 17.9. The minimum Gasteiger partial charge on any atom is -0.497 e. The molecule has 0 aliphatic carbocycles. The Morgan fingerprint density at radius 3 is 2.31 bits per heavy atom. The highest BCUT2D eigenvalue weighted by Crippen LogP contribution is 2.14. The van der Waals surface area contributed by atoms with Crippen LogP contribution in [0.2, 0.25) is 0 Å². The summed E-state index contributed by atoms with van der Waals surface area (Å²) in [6.07, 6.45) is 4.39. The molecule has 26 heavy (non-hydrogen) atoms. The molecule has 136 valence electrons. The molecule has 0 atom stereocenters. The molecule has 0 saturated carbocycles. The lowest BCUT2D eigenvalue weighted by Gasteiger charge is -2.22. The molecular weight excluding hydrogens is 330 g/mol. The molecule has 1 aliphatic rings. The van der Waals surface area contributed by atoms with Gasteiger partial charge in [0.2, 0.25) is 5.91 Å². The molecule has 6 heteroatoms. The average molecular weight is 353 g/mol. The number of benzene rings is 1. The van der Waals surface area contributed by atoms with Crippen LogP contribution in [0, 0.1) is 0 Å². The molecule has 1 saturated heterocycles. The maximum absolute atomic E-state index is 12.6. The average Bonchev–Trinajstić information content (AvgIpc) is 2.95. The van der Waals surface area contributed by atoms with Crippen molar-refractivity contribution >= 4 is 11.8 Å². The van der Waals surface area contributed by atoms with Crippen LogP contribution in [0.4, 0.5) is 0 Å². The molecule has 2 amide bonds. The van der Waals surface area contributed by atoms with Gasteiger partial charge in [0.1, 0.15) is 5.75 Å². The summed E-state index contributed by atoms with van der Waals surface area (Å²) in [5.74, 6) is 0.867. The van der Waals surface area contributed by atoms with Gasteiger partial charge >= 0.3 is 0 Å². The number of carbonyl (C=O) groups is 2. The molecule has 1 aromatic heterocycles. The van der Waals surface area contributed by atoms with Crippen LogP contribution in [0.15, 0.2) is 48.8 Å². The van der Waals surface area contributed by atoms with Gasteiger partial charge in [0.05, 0.1) is 13.5 Å². The first-order valence-corrected chi connectivity index (χ1v) is 8.77. The Labute approximate surface area is 153 Å². The smallest absolute Gasteiger partial charge is 0.254 e. The van der Waals surface area contributed by atoms with Crippen LogP contribution in [0.5, 0.6) is 5.75 Å². The number of hydrogen-bond donors (Lipinski definition) is 0. The quantitative estimate of drug-likeness (QED) is 0.843. The number of carbonyl (C=O) groups excluding carboxylic acids is 2. The van der Waals surface area contributed by atoms with Gasteiger partial charge in [-0.15, -0.1) is 0 Å². The van der Waals surface area contributed by atoms with E-state index in [1.54, 1.807) is 31.6 Å². The highest BCUT2D eigenvalue weighted by Gasteiger charge is 2.22. The van der Waals surface area contributed by atoms with E-state index >= 15 is 0 Å².